The van der Waals surface area contributed by atoms with Crippen molar-refractivity contribution in [1.29, 1.82) is 0 Å². The molecule has 2 heterocycles. The number of rotatable bonds is 1. The van der Waals surface area contributed by atoms with E-state index in [0.717, 1.165) is 13.0 Å². The summed E-state index contributed by atoms with van der Waals surface area (Å²) in [4.78, 5) is 2.31. The Labute approximate surface area is 73.7 Å². The van der Waals surface area contributed by atoms with Gasteiger partial charge in [-0.2, -0.15) is 0 Å². The Morgan fingerprint density at radius 2 is 2.08 bits per heavy atom. The summed E-state index contributed by atoms with van der Waals surface area (Å²) in [6.07, 6.45) is 0.876. The summed E-state index contributed by atoms with van der Waals surface area (Å²) in [5.41, 5.74) is 0. The Morgan fingerprint density at radius 1 is 1.42 bits per heavy atom. The van der Waals surface area contributed by atoms with Crippen LogP contribution < -0.4 is 0 Å². The molecule has 0 spiro atoms. The van der Waals surface area contributed by atoms with Crippen molar-refractivity contribution in [2.24, 2.45) is 0 Å². The molecule has 0 aromatic rings. The third kappa shape index (κ3) is 1.09. The molecule has 0 saturated carbocycles. The van der Waals surface area contributed by atoms with Crippen LogP contribution in [0, 0.1) is 0 Å². The normalized spacial score (nSPS) is 39.6. The van der Waals surface area contributed by atoms with Crippen LogP contribution in [0.5, 0.6) is 0 Å². The maximum Gasteiger partial charge on any atom is 0.156 e. The minimum Gasteiger partial charge on any atom is -0.296 e. The Kier molecular flexibility index (Phi) is 1.74. The molecule has 2 unspecified atom stereocenters. The van der Waals surface area contributed by atoms with Crippen molar-refractivity contribution in [3.8, 4) is 0 Å². The van der Waals surface area contributed by atoms with E-state index in [1.807, 2.05) is 0 Å². The highest BCUT2D eigenvalue weighted by molar-refractivity contribution is 7.92. The first-order chi connectivity index (χ1) is 5.50. The fourth-order valence-corrected chi connectivity index (χ4v) is 4.41. The van der Waals surface area contributed by atoms with Crippen molar-refractivity contribution >= 4 is 9.84 Å². The lowest BCUT2D eigenvalue weighted by molar-refractivity contribution is 0.213. The number of hydrogen-bond donors (Lipinski definition) is 0. The van der Waals surface area contributed by atoms with Crippen LogP contribution in [0.4, 0.5) is 0 Å². The molecule has 2 saturated heterocycles. The van der Waals surface area contributed by atoms with Crippen molar-refractivity contribution in [1.82, 2.24) is 4.90 Å². The van der Waals surface area contributed by atoms with E-state index in [1.54, 1.807) is 0 Å². The van der Waals surface area contributed by atoms with Gasteiger partial charge in [-0.15, -0.1) is 0 Å². The highest BCUT2D eigenvalue weighted by Gasteiger charge is 2.48. The molecule has 2 atom stereocenters. The Morgan fingerprint density at radius 3 is 2.42 bits per heavy atom. The van der Waals surface area contributed by atoms with Crippen molar-refractivity contribution in [3.05, 3.63) is 0 Å². The monoisotopic (exact) mass is 189 g/mol. The fourth-order valence-electron chi connectivity index (χ4n) is 2.36. The lowest BCUT2D eigenvalue weighted by Gasteiger charge is -2.30. The number of likely N-dealkylation sites (tertiary alicyclic amines) is 1. The van der Waals surface area contributed by atoms with Crippen molar-refractivity contribution < 1.29 is 8.42 Å². The van der Waals surface area contributed by atoms with Crippen LogP contribution in [0.15, 0.2) is 0 Å². The molecule has 0 aromatic carbocycles. The minimum absolute atomic E-state index is 0.0510. The Balaban J connectivity index is 2.18. The first-order valence-corrected chi connectivity index (χ1v) is 6.19. The summed E-state index contributed by atoms with van der Waals surface area (Å²) in [6, 6.07) is 0.815. The first-order valence-electron chi connectivity index (χ1n) is 4.48. The molecule has 70 valence electrons. The smallest absolute Gasteiger partial charge is 0.156 e. The van der Waals surface area contributed by atoms with E-state index < -0.39 is 9.84 Å². The lowest BCUT2D eigenvalue weighted by Crippen LogP contribution is -2.44. The summed E-state index contributed by atoms with van der Waals surface area (Å²) >= 11 is 0. The van der Waals surface area contributed by atoms with Crippen LogP contribution in [0.1, 0.15) is 20.3 Å². The molecule has 0 N–H and O–H groups in total. The van der Waals surface area contributed by atoms with Gasteiger partial charge in [-0.3, -0.25) is 4.90 Å². The maximum absolute atomic E-state index is 11.4. The first kappa shape index (κ1) is 8.51. The minimum atomic E-state index is -2.70. The topological polar surface area (TPSA) is 37.4 Å². The summed E-state index contributed by atoms with van der Waals surface area (Å²) < 4.78 is 22.7. The SMILES string of the molecule is CC(C)N1CC2CC1CS2(=O)=O. The number of fused-ring (bicyclic) bond motifs is 2. The zero-order valence-electron chi connectivity index (χ0n) is 7.53. The van der Waals surface area contributed by atoms with Crippen LogP contribution in [0.2, 0.25) is 0 Å². The molecule has 2 aliphatic rings. The summed E-state index contributed by atoms with van der Waals surface area (Å²) in [6.45, 7) is 5.03. The van der Waals surface area contributed by atoms with Crippen LogP contribution in [0.25, 0.3) is 0 Å². The van der Waals surface area contributed by atoms with Crippen molar-refractivity contribution in [2.45, 2.75) is 37.6 Å². The largest absolute Gasteiger partial charge is 0.296 e. The van der Waals surface area contributed by atoms with E-state index >= 15 is 0 Å². The molecule has 3 nitrogen and oxygen atoms in total. The second-order valence-corrected chi connectivity index (χ2v) is 6.46. The van der Waals surface area contributed by atoms with Gasteiger partial charge in [-0.05, 0) is 20.3 Å². The van der Waals surface area contributed by atoms with Crippen LogP contribution in [-0.2, 0) is 9.84 Å². The standard InChI is InChI=1S/C8H15NO2S/c1-6(2)9-4-8-3-7(9)5-12(8,10)11/h6-8H,3-5H2,1-2H3. The van der Waals surface area contributed by atoms with Gasteiger partial charge in [-0.25, -0.2) is 8.42 Å². The Bertz CT molecular complexity index is 283. The van der Waals surface area contributed by atoms with Crippen molar-refractivity contribution in [3.63, 3.8) is 0 Å². The molecule has 2 bridgehead atoms. The molecule has 2 rings (SSSR count). The van der Waals surface area contributed by atoms with E-state index in [2.05, 4.69) is 18.7 Å². The second kappa shape index (κ2) is 2.45. The zero-order chi connectivity index (χ0) is 8.93. The molecule has 2 fully saturated rings. The van der Waals surface area contributed by atoms with E-state index in [0.29, 0.717) is 17.8 Å². The van der Waals surface area contributed by atoms with E-state index in [9.17, 15) is 8.42 Å². The second-order valence-electron chi connectivity index (χ2n) is 4.13. The third-order valence-electron chi connectivity index (χ3n) is 3.01. The molecular formula is C8H15NO2S. The quantitative estimate of drug-likeness (QED) is 0.594. The van der Waals surface area contributed by atoms with Gasteiger partial charge in [0.25, 0.3) is 0 Å². The van der Waals surface area contributed by atoms with E-state index in [4.69, 9.17) is 0 Å². The molecule has 0 aromatic heterocycles. The summed E-state index contributed by atoms with van der Waals surface area (Å²) in [7, 11) is -2.70. The third-order valence-corrected chi connectivity index (χ3v) is 5.22. The molecule has 12 heavy (non-hydrogen) atoms. The maximum atomic E-state index is 11.4. The molecule has 0 radical (unpaired) electrons. The highest BCUT2D eigenvalue weighted by Crippen LogP contribution is 2.33. The Hall–Kier alpha value is -0.0900. The average molecular weight is 189 g/mol. The summed E-state index contributed by atoms with van der Waals surface area (Å²) in [5, 5.41) is -0.0510. The van der Waals surface area contributed by atoms with Crippen molar-refractivity contribution in [2.75, 3.05) is 12.3 Å². The van der Waals surface area contributed by atoms with E-state index in [1.165, 1.54) is 0 Å². The van der Waals surface area contributed by atoms with Gasteiger partial charge in [0.1, 0.15) is 0 Å². The molecule has 0 aliphatic carbocycles. The van der Waals surface area contributed by atoms with Crippen LogP contribution >= 0.6 is 0 Å². The zero-order valence-corrected chi connectivity index (χ0v) is 8.34. The van der Waals surface area contributed by atoms with Gasteiger partial charge in [0, 0.05) is 18.6 Å². The van der Waals surface area contributed by atoms with Gasteiger partial charge in [0.2, 0.25) is 0 Å². The predicted octanol–water partition coefficient (Wildman–Crippen LogP) is 0.266. The number of sulfone groups is 1. The predicted molar refractivity (Wildman–Crippen MR) is 47.8 cm³/mol. The average Bonchev–Trinajstić information content (AvgIpc) is 2.40. The number of nitrogens with zero attached hydrogens (tertiary/aromatic N) is 1. The molecule has 2 aliphatic heterocycles. The fraction of sp³-hybridized carbons (Fsp3) is 1.00. The van der Waals surface area contributed by atoms with Gasteiger partial charge in [0.05, 0.1) is 11.0 Å². The van der Waals surface area contributed by atoms with Gasteiger partial charge in [0.15, 0.2) is 9.84 Å². The van der Waals surface area contributed by atoms with Gasteiger partial charge >= 0.3 is 0 Å². The van der Waals surface area contributed by atoms with Crippen LogP contribution in [-0.4, -0.2) is 42.9 Å². The lowest BCUT2D eigenvalue weighted by atomic mass is 10.2. The highest BCUT2D eigenvalue weighted by atomic mass is 32.2. The van der Waals surface area contributed by atoms with Crippen LogP contribution in [0.3, 0.4) is 0 Å². The molecular weight excluding hydrogens is 174 g/mol. The molecule has 4 heteroatoms. The summed E-state index contributed by atoms with van der Waals surface area (Å²) in [5.74, 6) is 0.399. The van der Waals surface area contributed by atoms with E-state index in [-0.39, 0.29) is 5.25 Å². The van der Waals surface area contributed by atoms with Gasteiger partial charge in [-0.1, -0.05) is 0 Å². The molecule has 0 amide bonds. The van der Waals surface area contributed by atoms with Gasteiger partial charge < -0.3 is 0 Å². The number of hydrogen-bond acceptors (Lipinski definition) is 3.